The first-order valence-electron chi connectivity index (χ1n) is 14.2. The van der Waals surface area contributed by atoms with E-state index < -0.39 is 15.9 Å². The van der Waals surface area contributed by atoms with Gasteiger partial charge in [-0.05, 0) is 0 Å². The first-order valence-corrected chi connectivity index (χ1v) is 17.8. The molecule has 4 aromatic rings. The molecule has 0 saturated carbocycles. The molecule has 5 rings (SSSR count). The van der Waals surface area contributed by atoms with Gasteiger partial charge in [-0.25, -0.2) is 0 Å². The third-order valence-electron chi connectivity index (χ3n) is 6.98. The maximum atomic E-state index is 2.90. The molecule has 4 aromatic carbocycles. The average Bonchev–Trinajstić information content (AvgIpc) is 2.91. The van der Waals surface area contributed by atoms with Gasteiger partial charge in [0, 0.05) is 0 Å². The number of hydrogen-bond donors (Lipinski definition) is 0. The van der Waals surface area contributed by atoms with Crippen LogP contribution in [-0.4, -0.2) is 71.9 Å². The van der Waals surface area contributed by atoms with Crippen LogP contribution in [-0.2, 0) is 0 Å². The minimum absolute atomic E-state index is 0.296. The van der Waals surface area contributed by atoms with Crippen molar-refractivity contribution < 1.29 is 0 Å². The zero-order valence-electron chi connectivity index (χ0n) is 25.6. The molecule has 0 N–H and O–H groups in total. The zero-order valence-corrected chi connectivity index (χ0v) is 31.2. The number of benzene rings is 4. The molecule has 1 heterocycles. The molecule has 0 atom stereocenters. The van der Waals surface area contributed by atoms with E-state index in [4.69, 9.17) is 0 Å². The Labute approximate surface area is 272 Å². The first kappa shape index (κ1) is 33.6. The Hall–Kier alpha value is -1.91. The van der Waals surface area contributed by atoms with Gasteiger partial charge in [-0.15, -0.1) is 0 Å². The van der Waals surface area contributed by atoms with Crippen LogP contribution in [0.5, 0.6) is 0 Å². The summed E-state index contributed by atoms with van der Waals surface area (Å²) in [5, 5.41) is 0. The Bertz CT molecular complexity index is 1230. The van der Waals surface area contributed by atoms with Crippen molar-refractivity contribution in [2.75, 3.05) is 7.54 Å². The quantitative estimate of drug-likeness (QED) is 0.239. The number of nitrogens with zero attached hydrogens (tertiary/aromatic N) is 3. The topological polar surface area (TPSA) is 9.72 Å². The average molecular weight is 734 g/mol. The van der Waals surface area contributed by atoms with E-state index in [9.17, 15) is 0 Å². The van der Waals surface area contributed by atoms with Crippen molar-refractivity contribution >= 4 is 75.3 Å². The van der Waals surface area contributed by atoms with Crippen molar-refractivity contribution in [3.8, 4) is 0 Å². The van der Waals surface area contributed by atoms with Gasteiger partial charge in [0.2, 0.25) is 0 Å². The van der Waals surface area contributed by atoms with E-state index in [0.29, 0.717) is 19.2 Å². The Kier molecular flexibility index (Phi) is 13.2. The molecule has 7 heteroatoms. The van der Waals surface area contributed by atoms with Gasteiger partial charge in [-0.2, -0.15) is 0 Å². The molecule has 0 spiro atoms. The van der Waals surface area contributed by atoms with Crippen LogP contribution in [0.2, 0.25) is 0 Å². The summed E-state index contributed by atoms with van der Waals surface area (Å²) < 4.78 is 7.80. The van der Waals surface area contributed by atoms with Crippen LogP contribution in [0.15, 0.2) is 97.1 Å². The molecule has 212 valence electrons. The van der Waals surface area contributed by atoms with E-state index in [-0.39, 0.29) is 0 Å². The van der Waals surface area contributed by atoms with Crippen molar-refractivity contribution in [2.24, 2.45) is 0 Å². The van der Waals surface area contributed by atoms with E-state index >= 15 is 0 Å². The molecule has 0 aromatic heterocycles. The van der Waals surface area contributed by atoms with Gasteiger partial charge in [0.15, 0.2) is 0 Å². The number of hydrogen-bond acceptors (Lipinski definition) is 3. The fourth-order valence-electron chi connectivity index (χ4n) is 5.22. The molecule has 4 radical (unpaired) electrons. The molecule has 1 aliphatic heterocycles. The van der Waals surface area contributed by atoms with E-state index in [1.54, 1.807) is 0 Å². The van der Waals surface area contributed by atoms with Crippen LogP contribution in [0.25, 0.3) is 0 Å². The standard InChI is InChI=1S/C22H32BGeN3.2C6H5Se/c1-15(2)25(16(3)4)23-26(21-17(5)11-9-12-18(21)6)24-27(23)22-19(7)13-10-14-20(22)8;2*7-6-4-2-1-3-5-6/h9-16H,1-8H3;2*1-5H. The minimum atomic E-state index is -0.428. The Morgan fingerprint density at radius 3 is 1.10 bits per heavy atom. The predicted molar refractivity (Wildman–Crippen MR) is 184 cm³/mol. The third-order valence-corrected chi connectivity index (χ3v) is 10.9. The second kappa shape index (κ2) is 16.1. The number of anilines is 2. The van der Waals surface area contributed by atoms with E-state index in [2.05, 4.69) is 136 Å². The van der Waals surface area contributed by atoms with Crippen LogP contribution in [0, 0.1) is 27.7 Å². The third kappa shape index (κ3) is 9.04. The number of rotatable bonds is 5. The van der Waals surface area contributed by atoms with Crippen LogP contribution < -0.4 is 16.5 Å². The van der Waals surface area contributed by atoms with Gasteiger partial charge in [-0.1, -0.05) is 0 Å². The monoisotopic (exact) mass is 737 g/mol. The summed E-state index contributed by atoms with van der Waals surface area (Å²) in [5.74, 6) is 0. The number of para-hydroxylation sites is 2. The van der Waals surface area contributed by atoms with Crippen molar-refractivity contribution in [3.63, 3.8) is 0 Å². The molecular formula is C34H42BGeN3Se2. The Balaban J connectivity index is 0.000000267. The zero-order chi connectivity index (χ0) is 30.1. The molecule has 1 aliphatic rings. The van der Waals surface area contributed by atoms with Crippen LogP contribution in [0.3, 0.4) is 0 Å². The molecule has 0 amide bonds. The summed E-state index contributed by atoms with van der Waals surface area (Å²) >= 11 is 5.38. The summed E-state index contributed by atoms with van der Waals surface area (Å²) in [6.07, 6.45) is 0. The molecular weight excluding hydrogens is 692 g/mol. The van der Waals surface area contributed by atoms with Gasteiger partial charge in [-0.3, -0.25) is 0 Å². The van der Waals surface area contributed by atoms with Gasteiger partial charge in [0.05, 0.1) is 0 Å². The molecule has 41 heavy (non-hydrogen) atoms. The fourth-order valence-corrected chi connectivity index (χ4v) is 9.39. The summed E-state index contributed by atoms with van der Waals surface area (Å²) in [6.45, 7) is 18.3. The SMILES string of the molecule is Cc1cccc(C)c1[N]1[Ge][N](c2c(C)cccc2C)B1N(C(C)C)C(C)C.[Se]c1ccccc1.[Se]c1ccccc1. The normalized spacial score (nSPS) is 12.5. The van der Waals surface area contributed by atoms with Gasteiger partial charge in [0.25, 0.3) is 0 Å². The van der Waals surface area contributed by atoms with Crippen LogP contribution in [0.4, 0.5) is 11.4 Å². The van der Waals surface area contributed by atoms with Crippen molar-refractivity contribution in [3.05, 3.63) is 119 Å². The molecule has 0 unspecified atom stereocenters. The Morgan fingerprint density at radius 2 is 0.854 bits per heavy atom. The van der Waals surface area contributed by atoms with Crippen molar-refractivity contribution in [1.82, 2.24) is 4.81 Å². The van der Waals surface area contributed by atoms with E-state index in [1.165, 1.54) is 42.6 Å². The van der Waals surface area contributed by atoms with Gasteiger partial charge < -0.3 is 0 Å². The second-order valence-corrected chi connectivity index (χ2v) is 15.3. The van der Waals surface area contributed by atoms with Crippen molar-refractivity contribution in [1.29, 1.82) is 0 Å². The summed E-state index contributed by atoms with van der Waals surface area (Å²) in [6, 6.07) is 34.5. The van der Waals surface area contributed by atoms with Gasteiger partial charge >= 0.3 is 274 Å². The maximum absolute atomic E-state index is 2.90. The summed E-state index contributed by atoms with van der Waals surface area (Å²) in [4.78, 5) is 2.66. The molecule has 0 bridgehead atoms. The Morgan fingerprint density at radius 1 is 0.537 bits per heavy atom. The van der Waals surface area contributed by atoms with Crippen molar-refractivity contribution in [2.45, 2.75) is 67.5 Å². The molecule has 1 saturated heterocycles. The first-order chi connectivity index (χ1) is 19.5. The van der Waals surface area contributed by atoms with Crippen LogP contribution in [0.1, 0.15) is 49.9 Å². The summed E-state index contributed by atoms with van der Waals surface area (Å²) in [5.41, 5.74) is 8.43. The fraction of sp³-hybridized carbons (Fsp3) is 0.294. The second-order valence-electron chi connectivity index (χ2n) is 10.9. The van der Waals surface area contributed by atoms with Gasteiger partial charge in [0.1, 0.15) is 0 Å². The van der Waals surface area contributed by atoms with Crippen LogP contribution >= 0.6 is 0 Å². The molecule has 3 nitrogen and oxygen atoms in total. The molecule has 1 fully saturated rings. The van der Waals surface area contributed by atoms with E-state index in [0.717, 1.165) is 0 Å². The van der Waals surface area contributed by atoms with E-state index in [1.807, 2.05) is 60.7 Å². The predicted octanol–water partition coefficient (Wildman–Crippen LogP) is 5.85. The molecule has 0 aliphatic carbocycles. The summed E-state index contributed by atoms with van der Waals surface area (Å²) in [7, 11) is 0.296. The number of aryl methyl sites for hydroxylation is 4.